The number of aromatic nitrogens is 3. The molecule has 96 valence electrons. The van der Waals surface area contributed by atoms with Crippen LogP contribution in [-0.4, -0.2) is 19.9 Å². The lowest BCUT2D eigenvalue weighted by Gasteiger charge is -1.97. The Morgan fingerprint density at radius 3 is 2.63 bits per heavy atom. The van der Waals surface area contributed by atoms with Gasteiger partial charge in [-0.15, -0.1) is 11.3 Å². The van der Waals surface area contributed by atoms with Crippen LogP contribution in [0, 0.1) is 12.7 Å². The van der Waals surface area contributed by atoms with E-state index in [0.29, 0.717) is 5.13 Å². The van der Waals surface area contributed by atoms with Crippen LogP contribution in [0.15, 0.2) is 35.7 Å². The molecule has 0 aliphatic carbocycles. The highest BCUT2D eigenvalue weighted by Crippen LogP contribution is 2.26. The summed E-state index contributed by atoms with van der Waals surface area (Å²) >= 11 is 1.36. The van der Waals surface area contributed by atoms with E-state index in [1.54, 1.807) is 25.1 Å². The van der Waals surface area contributed by atoms with Crippen LogP contribution in [0.3, 0.4) is 0 Å². The standard InChI is InChI=1S/C13H10FN3OS/c1-8-6-12(18)17(16-8)13-15-11(7-19-13)9-2-4-10(14)5-3-9/h2-7,18H,1H3. The Kier molecular flexibility index (Phi) is 2.79. The smallest absolute Gasteiger partial charge is 0.216 e. The third kappa shape index (κ3) is 2.22. The molecule has 3 aromatic rings. The summed E-state index contributed by atoms with van der Waals surface area (Å²) in [5, 5.41) is 16.3. The van der Waals surface area contributed by atoms with Crippen LogP contribution in [0.4, 0.5) is 4.39 Å². The van der Waals surface area contributed by atoms with Gasteiger partial charge in [0.05, 0.1) is 11.4 Å². The summed E-state index contributed by atoms with van der Waals surface area (Å²) < 4.78 is 14.2. The Morgan fingerprint density at radius 1 is 1.26 bits per heavy atom. The van der Waals surface area contributed by atoms with Crippen molar-refractivity contribution in [2.24, 2.45) is 0 Å². The summed E-state index contributed by atoms with van der Waals surface area (Å²) in [6.07, 6.45) is 0. The number of aromatic hydroxyl groups is 1. The number of aryl methyl sites for hydroxylation is 1. The van der Waals surface area contributed by atoms with E-state index in [2.05, 4.69) is 10.1 Å². The lowest BCUT2D eigenvalue weighted by molar-refractivity contribution is 0.433. The van der Waals surface area contributed by atoms with E-state index in [4.69, 9.17) is 0 Å². The fourth-order valence-corrected chi connectivity index (χ4v) is 2.53. The summed E-state index contributed by atoms with van der Waals surface area (Å²) in [6, 6.07) is 7.69. The van der Waals surface area contributed by atoms with Gasteiger partial charge in [0.15, 0.2) is 0 Å². The van der Waals surface area contributed by atoms with Crippen LogP contribution < -0.4 is 0 Å². The Bertz CT molecular complexity index is 718. The van der Waals surface area contributed by atoms with Crippen molar-refractivity contribution in [3.8, 4) is 22.3 Å². The first-order valence-electron chi connectivity index (χ1n) is 5.61. The Morgan fingerprint density at radius 2 is 2.00 bits per heavy atom. The zero-order valence-electron chi connectivity index (χ0n) is 10.0. The molecule has 0 radical (unpaired) electrons. The molecule has 1 aromatic carbocycles. The lowest BCUT2D eigenvalue weighted by atomic mass is 10.2. The molecule has 19 heavy (non-hydrogen) atoms. The van der Waals surface area contributed by atoms with Crippen LogP contribution in [0.2, 0.25) is 0 Å². The van der Waals surface area contributed by atoms with Gasteiger partial charge in [0.2, 0.25) is 11.0 Å². The summed E-state index contributed by atoms with van der Waals surface area (Å²) in [7, 11) is 0. The summed E-state index contributed by atoms with van der Waals surface area (Å²) in [5.74, 6) is -0.225. The van der Waals surface area contributed by atoms with Gasteiger partial charge >= 0.3 is 0 Å². The van der Waals surface area contributed by atoms with Crippen molar-refractivity contribution >= 4 is 11.3 Å². The first kappa shape index (κ1) is 11.9. The molecule has 2 aromatic heterocycles. The average Bonchev–Trinajstić information content (AvgIpc) is 2.97. The molecule has 6 heteroatoms. The number of thiazole rings is 1. The van der Waals surface area contributed by atoms with Crippen LogP contribution in [0.5, 0.6) is 5.88 Å². The highest BCUT2D eigenvalue weighted by atomic mass is 32.1. The molecule has 0 atom stereocenters. The van der Waals surface area contributed by atoms with Crippen molar-refractivity contribution in [1.29, 1.82) is 0 Å². The molecule has 0 aliphatic rings. The number of halogens is 1. The molecule has 0 spiro atoms. The van der Waals surface area contributed by atoms with Gasteiger partial charge in [0, 0.05) is 17.0 Å². The number of rotatable bonds is 2. The first-order chi connectivity index (χ1) is 9.13. The molecule has 0 unspecified atom stereocenters. The van der Waals surface area contributed by atoms with Gasteiger partial charge < -0.3 is 5.11 Å². The summed E-state index contributed by atoms with van der Waals surface area (Å²) in [5.41, 5.74) is 2.27. The SMILES string of the molecule is Cc1cc(O)n(-c2nc(-c3ccc(F)cc3)cs2)n1. The number of benzene rings is 1. The molecule has 1 N–H and O–H groups in total. The molecule has 0 saturated carbocycles. The van der Waals surface area contributed by atoms with Gasteiger partial charge in [0.1, 0.15) is 5.82 Å². The molecule has 0 fully saturated rings. The van der Waals surface area contributed by atoms with E-state index in [1.807, 2.05) is 5.38 Å². The van der Waals surface area contributed by atoms with Crippen molar-refractivity contribution in [3.05, 3.63) is 47.2 Å². The highest BCUT2D eigenvalue weighted by molar-refractivity contribution is 7.12. The molecule has 0 aliphatic heterocycles. The quantitative estimate of drug-likeness (QED) is 0.781. The van der Waals surface area contributed by atoms with Crippen LogP contribution in [0.1, 0.15) is 5.69 Å². The molecule has 3 rings (SSSR count). The maximum absolute atomic E-state index is 12.9. The first-order valence-corrected chi connectivity index (χ1v) is 6.49. The van der Waals surface area contributed by atoms with Crippen molar-refractivity contribution in [3.63, 3.8) is 0 Å². The summed E-state index contributed by atoms with van der Waals surface area (Å²) in [4.78, 5) is 4.39. The largest absolute Gasteiger partial charge is 0.493 e. The minimum atomic E-state index is -0.278. The van der Waals surface area contributed by atoms with Crippen LogP contribution in [0.25, 0.3) is 16.4 Å². The fraction of sp³-hybridized carbons (Fsp3) is 0.0769. The maximum atomic E-state index is 12.9. The third-order valence-electron chi connectivity index (χ3n) is 2.63. The van der Waals surface area contributed by atoms with Gasteiger partial charge in [-0.3, -0.25) is 0 Å². The van der Waals surface area contributed by atoms with Gasteiger partial charge in [0.25, 0.3) is 0 Å². The highest BCUT2D eigenvalue weighted by Gasteiger charge is 2.11. The lowest BCUT2D eigenvalue weighted by Crippen LogP contribution is -1.95. The van der Waals surface area contributed by atoms with E-state index in [1.165, 1.54) is 28.2 Å². The third-order valence-corrected chi connectivity index (χ3v) is 3.44. The van der Waals surface area contributed by atoms with Gasteiger partial charge in [-0.05, 0) is 31.2 Å². The number of hydrogen-bond donors (Lipinski definition) is 1. The minimum absolute atomic E-state index is 0.0532. The Labute approximate surface area is 112 Å². The van der Waals surface area contributed by atoms with Gasteiger partial charge in [-0.1, -0.05) is 0 Å². The second-order valence-corrected chi connectivity index (χ2v) is 4.91. The predicted octanol–water partition coefficient (Wildman–Crippen LogP) is 3.15. The summed E-state index contributed by atoms with van der Waals surface area (Å²) in [6.45, 7) is 1.80. The van der Waals surface area contributed by atoms with Crippen molar-refractivity contribution in [1.82, 2.24) is 14.8 Å². The van der Waals surface area contributed by atoms with Crippen molar-refractivity contribution in [2.75, 3.05) is 0 Å². The molecule has 0 bridgehead atoms. The van der Waals surface area contributed by atoms with Crippen LogP contribution >= 0.6 is 11.3 Å². The maximum Gasteiger partial charge on any atom is 0.216 e. The molecular formula is C13H10FN3OS. The number of hydrogen-bond acceptors (Lipinski definition) is 4. The Hall–Kier alpha value is -2.21. The Balaban J connectivity index is 1.99. The van der Waals surface area contributed by atoms with E-state index in [0.717, 1.165) is 17.0 Å². The van der Waals surface area contributed by atoms with Gasteiger partial charge in [-0.2, -0.15) is 9.78 Å². The molecular weight excluding hydrogens is 265 g/mol. The van der Waals surface area contributed by atoms with Crippen molar-refractivity contribution in [2.45, 2.75) is 6.92 Å². The molecule has 0 saturated heterocycles. The van der Waals surface area contributed by atoms with Crippen LogP contribution in [-0.2, 0) is 0 Å². The monoisotopic (exact) mass is 275 g/mol. The zero-order chi connectivity index (χ0) is 13.4. The topological polar surface area (TPSA) is 50.9 Å². The second-order valence-electron chi connectivity index (χ2n) is 4.08. The molecule has 0 amide bonds. The molecule has 4 nitrogen and oxygen atoms in total. The molecule has 2 heterocycles. The zero-order valence-corrected chi connectivity index (χ0v) is 10.9. The number of nitrogens with zero attached hydrogens (tertiary/aromatic N) is 3. The van der Waals surface area contributed by atoms with E-state index >= 15 is 0 Å². The van der Waals surface area contributed by atoms with Gasteiger partial charge in [-0.25, -0.2) is 9.37 Å². The van der Waals surface area contributed by atoms with E-state index in [-0.39, 0.29) is 11.7 Å². The fourth-order valence-electron chi connectivity index (χ4n) is 1.74. The van der Waals surface area contributed by atoms with Crippen molar-refractivity contribution < 1.29 is 9.50 Å². The normalized spacial score (nSPS) is 10.8. The minimum Gasteiger partial charge on any atom is -0.493 e. The average molecular weight is 275 g/mol. The second kappa shape index (κ2) is 4.47. The van der Waals surface area contributed by atoms with E-state index < -0.39 is 0 Å². The van der Waals surface area contributed by atoms with E-state index in [9.17, 15) is 9.50 Å². The predicted molar refractivity (Wildman–Crippen MR) is 71.0 cm³/mol.